The van der Waals surface area contributed by atoms with Crippen LogP contribution in [0, 0.1) is 0 Å². The van der Waals surface area contributed by atoms with Gasteiger partial charge in [0.1, 0.15) is 10.7 Å². The lowest BCUT2D eigenvalue weighted by molar-refractivity contribution is -0.110. The Bertz CT molecular complexity index is 732. The summed E-state index contributed by atoms with van der Waals surface area (Å²) >= 11 is 4.90. The van der Waals surface area contributed by atoms with Gasteiger partial charge in [-0.2, -0.15) is 5.10 Å². The molecule has 23 heavy (non-hydrogen) atoms. The molecule has 0 heterocycles. The summed E-state index contributed by atoms with van der Waals surface area (Å²) in [7, 11) is 1.54. The van der Waals surface area contributed by atoms with Crippen molar-refractivity contribution in [1.29, 1.82) is 0 Å². The van der Waals surface area contributed by atoms with E-state index in [-0.39, 0.29) is 10.7 Å². The molecule has 0 aliphatic heterocycles. The minimum absolute atomic E-state index is 0.0743. The van der Waals surface area contributed by atoms with Crippen LogP contribution in [0.2, 0.25) is 0 Å². The first kappa shape index (κ1) is 16.4. The molecule has 0 spiro atoms. The molecule has 0 saturated carbocycles. The fourth-order valence-electron chi connectivity index (χ4n) is 1.78. The fourth-order valence-corrected chi connectivity index (χ4v) is 1.92. The molecular weight excluding hydrogens is 312 g/mol. The number of rotatable bonds is 6. The number of methoxy groups -OCH3 is 1. The molecule has 2 aromatic rings. The number of ether oxygens (including phenoxy) is 1. The average Bonchev–Trinajstić information content (AvgIpc) is 2.56. The van der Waals surface area contributed by atoms with Gasteiger partial charge in [0.25, 0.3) is 5.91 Å². The second kappa shape index (κ2) is 7.90. The normalized spacial score (nSPS) is 10.7. The molecule has 0 aliphatic rings. The van der Waals surface area contributed by atoms with Gasteiger partial charge in [0.05, 0.1) is 12.8 Å². The van der Waals surface area contributed by atoms with Crippen molar-refractivity contribution >= 4 is 40.2 Å². The Morgan fingerprint density at radius 3 is 2.43 bits per heavy atom. The van der Waals surface area contributed by atoms with E-state index < -0.39 is 5.91 Å². The van der Waals surface area contributed by atoms with Crippen molar-refractivity contribution in [3.8, 4) is 5.75 Å². The highest BCUT2D eigenvalue weighted by Crippen LogP contribution is 2.22. The van der Waals surface area contributed by atoms with Gasteiger partial charge >= 0.3 is 0 Å². The van der Waals surface area contributed by atoms with E-state index in [0.29, 0.717) is 17.1 Å². The number of hydrogen-bond donors (Lipinski definition) is 3. The molecule has 1 amide bonds. The number of carbonyl (C=O) groups is 1. The van der Waals surface area contributed by atoms with Gasteiger partial charge in [-0.3, -0.25) is 10.2 Å². The molecule has 2 aromatic carbocycles. The lowest BCUT2D eigenvalue weighted by Gasteiger charge is -2.09. The van der Waals surface area contributed by atoms with Crippen molar-refractivity contribution in [2.45, 2.75) is 0 Å². The number of nitrogens with two attached hydrogens (primary N) is 1. The summed E-state index contributed by atoms with van der Waals surface area (Å²) in [6.07, 6.45) is 0. The van der Waals surface area contributed by atoms with Gasteiger partial charge in [-0.05, 0) is 24.3 Å². The third kappa shape index (κ3) is 4.52. The highest BCUT2D eigenvalue weighted by Gasteiger charge is 2.15. The number of hydrazone groups is 1. The molecule has 118 valence electrons. The van der Waals surface area contributed by atoms with Crippen molar-refractivity contribution < 1.29 is 9.53 Å². The predicted molar refractivity (Wildman–Crippen MR) is 95.9 cm³/mol. The van der Waals surface area contributed by atoms with Crippen LogP contribution < -0.4 is 21.2 Å². The number of carbonyl (C=O) groups excluding carboxylic acids is 1. The SMILES string of the molecule is COc1ccccc1N/N=C(/C(=O)Nc1ccccc1)C(N)=S. The topological polar surface area (TPSA) is 88.7 Å². The van der Waals surface area contributed by atoms with E-state index in [4.69, 9.17) is 22.7 Å². The van der Waals surface area contributed by atoms with Crippen molar-refractivity contribution in [2.24, 2.45) is 10.8 Å². The lowest BCUT2D eigenvalue weighted by atomic mass is 10.3. The summed E-state index contributed by atoms with van der Waals surface area (Å²) in [5.41, 5.74) is 9.48. The Kier molecular flexibility index (Phi) is 5.65. The predicted octanol–water partition coefficient (Wildman–Crippen LogP) is 2.39. The van der Waals surface area contributed by atoms with Crippen molar-refractivity contribution in [1.82, 2.24) is 0 Å². The summed E-state index contributed by atoms with van der Waals surface area (Å²) in [5.74, 6) is 0.0908. The first-order valence-electron chi connectivity index (χ1n) is 6.74. The molecule has 4 N–H and O–H groups in total. The number of benzene rings is 2. The summed E-state index contributed by atoms with van der Waals surface area (Å²) in [6.45, 7) is 0. The monoisotopic (exact) mass is 328 g/mol. The van der Waals surface area contributed by atoms with Crippen LogP contribution in [-0.2, 0) is 4.79 Å². The third-order valence-corrected chi connectivity index (χ3v) is 3.07. The van der Waals surface area contributed by atoms with Gasteiger partial charge in [0.2, 0.25) is 0 Å². The molecular formula is C16H16N4O2S. The number of anilines is 2. The molecule has 0 bridgehead atoms. The molecule has 0 radical (unpaired) electrons. The molecule has 0 aliphatic carbocycles. The molecule has 0 saturated heterocycles. The van der Waals surface area contributed by atoms with Crippen LogP contribution in [-0.4, -0.2) is 23.7 Å². The molecule has 0 atom stereocenters. The number of amides is 1. The summed E-state index contributed by atoms with van der Waals surface area (Å²) in [4.78, 5) is 12.1. The van der Waals surface area contributed by atoms with Gasteiger partial charge in [-0.1, -0.05) is 42.5 Å². The van der Waals surface area contributed by atoms with Gasteiger partial charge in [0, 0.05) is 5.69 Å². The van der Waals surface area contributed by atoms with E-state index in [1.165, 1.54) is 0 Å². The first-order valence-corrected chi connectivity index (χ1v) is 7.15. The maximum Gasteiger partial charge on any atom is 0.279 e. The highest BCUT2D eigenvalue weighted by molar-refractivity contribution is 7.82. The minimum Gasteiger partial charge on any atom is -0.495 e. The fraction of sp³-hybridized carbons (Fsp3) is 0.0625. The Morgan fingerprint density at radius 2 is 1.78 bits per heavy atom. The van der Waals surface area contributed by atoms with Gasteiger partial charge in [0.15, 0.2) is 5.71 Å². The van der Waals surface area contributed by atoms with Gasteiger partial charge in [-0.15, -0.1) is 0 Å². The van der Waals surface area contributed by atoms with E-state index >= 15 is 0 Å². The molecule has 2 rings (SSSR count). The smallest absolute Gasteiger partial charge is 0.279 e. The second-order valence-corrected chi connectivity index (χ2v) is 4.90. The first-order chi connectivity index (χ1) is 11.1. The number of nitrogens with one attached hydrogen (secondary N) is 2. The Hall–Kier alpha value is -2.93. The molecule has 7 heteroatoms. The largest absolute Gasteiger partial charge is 0.495 e. The second-order valence-electron chi connectivity index (χ2n) is 4.46. The van der Waals surface area contributed by atoms with E-state index in [2.05, 4.69) is 15.8 Å². The van der Waals surface area contributed by atoms with Crippen LogP contribution in [0.5, 0.6) is 5.75 Å². The summed E-state index contributed by atoms with van der Waals surface area (Å²) < 4.78 is 5.20. The Labute approximate surface area is 139 Å². The zero-order valence-corrected chi connectivity index (χ0v) is 13.3. The van der Waals surface area contributed by atoms with Crippen LogP contribution >= 0.6 is 12.2 Å². The number of para-hydroxylation sites is 3. The van der Waals surface area contributed by atoms with Gasteiger partial charge in [-0.25, -0.2) is 0 Å². The maximum absolute atomic E-state index is 12.2. The minimum atomic E-state index is -0.494. The van der Waals surface area contributed by atoms with Crippen LogP contribution in [0.4, 0.5) is 11.4 Å². The highest BCUT2D eigenvalue weighted by atomic mass is 32.1. The van der Waals surface area contributed by atoms with Crippen molar-refractivity contribution in [3.05, 3.63) is 54.6 Å². The lowest BCUT2D eigenvalue weighted by Crippen LogP contribution is -2.34. The van der Waals surface area contributed by atoms with E-state index in [0.717, 1.165) is 0 Å². The average molecular weight is 328 g/mol. The van der Waals surface area contributed by atoms with Crippen molar-refractivity contribution in [2.75, 3.05) is 17.9 Å². The van der Waals surface area contributed by atoms with Crippen LogP contribution in [0.25, 0.3) is 0 Å². The molecule has 0 fully saturated rings. The molecule has 6 nitrogen and oxygen atoms in total. The zero-order chi connectivity index (χ0) is 16.7. The maximum atomic E-state index is 12.2. The molecule has 0 aromatic heterocycles. The van der Waals surface area contributed by atoms with E-state index in [9.17, 15) is 4.79 Å². The number of hydrogen-bond acceptors (Lipinski definition) is 5. The third-order valence-electron chi connectivity index (χ3n) is 2.88. The summed E-state index contributed by atoms with van der Waals surface area (Å²) in [5, 5.41) is 6.69. The van der Waals surface area contributed by atoms with Gasteiger partial charge < -0.3 is 15.8 Å². The van der Waals surface area contributed by atoms with E-state index in [1.54, 1.807) is 43.5 Å². The van der Waals surface area contributed by atoms with Crippen molar-refractivity contribution in [3.63, 3.8) is 0 Å². The van der Waals surface area contributed by atoms with Crippen LogP contribution in [0.3, 0.4) is 0 Å². The Morgan fingerprint density at radius 1 is 1.13 bits per heavy atom. The van der Waals surface area contributed by atoms with E-state index in [1.807, 2.05) is 18.2 Å². The zero-order valence-electron chi connectivity index (χ0n) is 12.4. The van der Waals surface area contributed by atoms with Crippen LogP contribution in [0.15, 0.2) is 59.7 Å². The quantitative estimate of drug-likeness (QED) is 0.430. The van der Waals surface area contributed by atoms with Crippen LogP contribution in [0.1, 0.15) is 0 Å². The standard InChI is InChI=1S/C16H16N4O2S/c1-22-13-10-6-5-9-12(13)19-20-14(15(17)23)16(21)18-11-7-3-2-4-8-11/h2-10,19H,1H3,(H2,17,23)(H,18,21)/b20-14+. The molecule has 0 unspecified atom stereocenters. The number of nitrogens with zero attached hydrogens (tertiary/aromatic N) is 1. The summed E-state index contributed by atoms with van der Waals surface area (Å²) in [6, 6.07) is 16.1. The number of thiocarbonyl (C=S) groups is 1. The Balaban J connectivity index is 2.17.